The van der Waals surface area contributed by atoms with Gasteiger partial charge in [0.05, 0.1) is 17.5 Å². The molecule has 4 rings (SSSR count). The van der Waals surface area contributed by atoms with Crippen molar-refractivity contribution in [2.45, 2.75) is 12.5 Å². The van der Waals surface area contributed by atoms with Crippen molar-refractivity contribution in [1.29, 1.82) is 0 Å². The molecular formula is C20H20N6O2S2. The van der Waals surface area contributed by atoms with E-state index in [-0.39, 0.29) is 23.6 Å². The number of hydrogen-bond acceptors (Lipinski definition) is 7. The number of aromatic nitrogens is 3. The van der Waals surface area contributed by atoms with Gasteiger partial charge in [-0.3, -0.25) is 14.0 Å². The fourth-order valence-corrected chi connectivity index (χ4v) is 4.32. The first kappa shape index (κ1) is 20.5. The van der Waals surface area contributed by atoms with Crippen molar-refractivity contribution in [1.82, 2.24) is 19.9 Å². The van der Waals surface area contributed by atoms with Gasteiger partial charge in [0.15, 0.2) is 16.6 Å². The van der Waals surface area contributed by atoms with Gasteiger partial charge >= 0.3 is 0 Å². The number of aliphatic imine (C=N–C) groups is 2. The van der Waals surface area contributed by atoms with Crippen LogP contribution in [0.3, 0.4) is 0 Å². The Kier molecular flexibility index (Phi) is 6.44. The number of rotatable bonds is 7. The Hall–Kier alpha value is -2.72. The fraction of sp³-hybridized carbons (Fsp3) is 0.300. The van der Waals surface area contributed by atoms with Crippen molar-refractivity contribution in [3.8, 4) is 0 Å². The van der Waals surface area contributed by atoms with Crippen LogP contribution in [-0.2, 0) is 9.59 Å². The van der Waals surface area contributed by atoms with Gasteiger partial charge in [0.25, 0.3) is 5.91 Å². The summed E-state index contributed by atoms with van der Waals surface area (Å²) < 4.78 is 1.89. The predicted molar refractivity (Wildman–Crippen MR) is 121 cm³/mol. The van der Waals surface area contributed by atoms with Crippen LogP contribution < -0.4 is 5.32 Å². The third-order valence-electron chi connectivity index (χ3n) is 4.63. The summed E-state index contributed by atoms with van der Waals surface area (Å²) in [6.45, 7) is 0. The van der Waals surface area contributed by atoms with Crippen LogP contribution in [0.25, 0.3) is 5.65 Å². The Morgan fingerprint density at radius 2 is 2.17 bits per heavy atom. The number of amidine groups is 1. The first-order chi connectivity index (χ1) is 14.7. The number of allylic oxidation sites excluding steroid dienone is 3. The summed E-state index contributed by atoms with van der Waals surface area (Å²) in [6, 6.07) is 5.41. The average molecular weight is 441 g/mol. The Labute approximate surface area is 182 Å². The summed E-state index contributed by atoms with van der Waals surface area (Å²) in [6.07, 6.45) is 11.9. The van der Waals surface area contributed by atoms with Gasteiger partial charge in [-0.05, 0) is 36.6 Å². The molecule has 2 aliphatic rings. The number of hydrogen-bond donors (Lipinski definition) is 1. The summed E-state index contributed by atoms with van der Waals surface area (Å²) in [4.78, 5) is 33.2. The zero-order valence-corrected chi connectivity index (χ0v) is 17.9. The second kappa shape index (κ2) is 9.40. The van der Waals surface area contributed by atoms with E-state index >= 15 is 0 Å². The maximum Gasteiger partial charge on any atom is 0.261 e. The summed E-state index contributed by atoms with van der Waals surface area (Å²) >= 11 is 2.86. The molecule has 2 aromatic rings. The molecule has 30 heavy (non-hydrogen) atoms. The molecule has 2 amide bonds. The molecule has 1 aliphatic heterocycles. The lowest BCUT2D eigenvalue weighted by atomic mass is 9.97. The van der Waals surface area contributed by atoms with E-state index in [0.29, 0.717) is 16.7 Å². The SMILES string of the molecule is CSCCC(NC(=O)CSC1=NC(=O)C2C=CC=CC2=N1)c1nnc2ccccn12. The molecule has 0 saturated carbocycles. The number of carbonyl (C=O) groups is 2. The Morgan fingerprint density at radius 3 is 3.03 bits per heavy atom. The zero-order valence-electron chi connectivity index (χ0n) is 16.3. The highest BCUT2D eigenvalue weighted by molar-refractivity contribution is 8.14. The van der Waals surface area contributed by atoms with E-state index in [9.17, 15) is 9.59 Å². The van der Waals surface area contributed by atoms with Crippen molar-refractivity contribution in [3.05, 3.63) is 54.5 Å². The molecular weight excluding hydrogens is 420 g/mol. The average Bonchev–Trinajstić information content (AvgIpc) is 3.19. The van der Waals surface area contributed by atoms with Gasteiger partial charge in [0, 0.05) is 6.20 Å². The normalized spacial score (nSPS) is 18.7. The first-order valence-electron chi connectivity index (χ1n) is 9.42. The highest BCUT2D eigenvalue weighted by Gasteiger charge is 2.27. The Balaban J connectivity index is 1.42. The molecule has 0 spiro atoms. The molecule has 3 heterocycles. The highest BCUT2D eigenvalue weighted by atomic mass is 32.2. The van der Waals surface area contributed by atoms with Crippen molar-refractivity contribution in [2.24, 2.45) is 15.9 Å². The monoisotopic (exact) mass is 440 g/mol. The van der Waals surface area contributed by atoms with Gasteiger partial charge in [-0.1, -0.05) is 36.1 Å². The lowest BCUT2D eigenvalue weighted by molar-refractivity contribution is -0.120. The van der Waals surface area contributed by atoms with Gasteiger partial charge in [-0.25, -0.2) is 4.99 Å². The van der Waals surface area contributed by atoms with E-state index < -0.39 is 5.92 Å². The lowest BCUT2D eigenvalue weighted by Crippen LogP contribution is -2.32. The molecule has 2 aromatic heterocycles. The van der Waals surface area contributed by atoms with E-state index in [1.165, 1.54) is 0 Å². The fourth-order valence-electron chi connectivity index (χ4n) is 3.18. The largest absolute Gasteiger partial charge is 0.345 e. The van der Waals surface area contributed by atoms with Crippen LogP contribution >= 0.6 is 23.5 Å². The van der Waals surface area contributed by atoms with Gasteiger partial charge in [0.2, 0.25) is 5.91 Å². The topological polar surface area (TPSA) is 101 Å². The molecule has 1 N–H and O–H groups in total. The minimum Gasteiger partial charge on any atom is -0.345 e. The molecule has 0 radical (unpaired) electrons. The van der Waals surface area contributed by atoms with E-state index in [1.54, 1.807) is 23.9 Å². The smallest absolute Gasteiger partial charge is 0.261 e. The molecule has 154 valence electrons. The maximum atomic E-state index is 12.6. The van der Waals surface area contributed by atoms with E-state index in [4.69, 9.17) is 0 Å². The molecule has 0 saturated heterocycles. The summed E-state index contributed by atoms with van der Waals surface area (Å²) in [7, 11) is 0. The van der Waals surface area contributed by atoms with E-state index in [1.807, 2.05) is 47.2 Å². The molecule has 2 atom stereocenters. The van der Waals surface area contributed by atoms with E-state index in [2.05, 4.69) is 25.5 Å². The van der Waals surface area contributed by atoms with Crippen molar-refractivity contribution in [3.63, 3.8) is 0 Å². The number of fused-ring (bicyclic) bond motifs is 2. The van der Waals surface area contributed by atoms with Gasteiger partial charge in [-0.2, -0.15) is 16.8 Å². The van der Waals surface area contributed by atoms with Crippen LogP contribution in [0.1, 0.15) is 18.3 Å². The third-order valence-corrected chi connectivity index (χ3v) is 6.12. The van der Waals surface area contributed by atoms with Gasteiger partial charge < -0.3 is 5.32 Å². The molecule has 0 fully saturated rings. The molecule has 8 nitrogen and oxygen atoms in total. The maximum absolute atomic E-state index is 12.6. The molecule has 0 aromatic carbocycles. The quantitative estimate of drug-likeness (QED) is 0.710. The van der Waals surface area contributed by atoms with Crippen LogP contribution in [0.15, 0.2) is 58.7 Å². The second-order valence-corrected chi connectivity index (χ2v) is 8.60. The Bertz CT molecular complexity index is 1090. The van der Waals surface area contributed by atoms with Crippen molar-refractivity contribution < 1.29 is 9.59 Å². The van der Waals surface area contributed by atoms with E-state index in [0.717, 1.165) is 29.6 Å². The summed E-state index contributed by atoms with van der Waals surface area (Å²) in [5.41, 5.74) is 1.40. The minimum atomic E-state index is -0.412. The summed E-state index contributed by atoms with van der Waals surface area (Å²) in [5, 5.41) is 11.8. The molecule has 2 unspecified atom stereocenters. The molecule has 0 bridgehead atoms. The van der Waals surface area contributed by atoms with Gasteiger partial charge in [0.1, 0.15) is 5.92 Å². The number of carbonyl (C=O) groups excluding carboxylic acids is 2. The Morgan fingerprint density at radius 1 is 1.27 bits per heavy atom. The lowest BCUT2D eigenvalue weighted by Gasteiger charge is -2.18. The molecule has 1 aliphatic carbocycles. The third kappa shape index (κ3) is 4.54. The predicted octanol–water partition coefficient (Wildman–Crippen LogP) is 2.45. The minimum absolute atomic E-state index is 0.111. The first-order valence-corrected chi connectivity index (χ1v) is 11.8. The van der Waals surface area contributed by atoms with Crippen LogP contribution in [0.4, 0.5) is 0 Å². The number of nitrogens with one attached hydrogen (secondary N) is 1. The zero-order chi connectivity index (χ0) is 20.9. The standard InChI is InChI=1S/C20H20N6O2S2/c1-29-11-9-15(18-25-24-16-8-4-5-10-26(16)18)21-17(27)12-30-20-22-14-7-3-2-6-13(14)19(28)23-20/h2-8,10,13,15H,9,11-12H2,1H3,(H,21,27). The van der Waals surface area contributed by atoms with Gasteiger partial charge in [-0.15, -0.1) is 10.2 Å². The van der Waals surface area contributed by atoms with Crippen LogP contribution in [0.2, 0.25) is 0 Å². The van der Waals surface area contributed by atoms with Crippen LogP contribution in [0, 0.1) is 5.92 Å². The number of amides is 2. The number of thioether (sulfide) groups is 2. The molecule has 10 heteroatoms. The second-order valence-electron chi connectivity index (χ2n) is 6.67. The summed E-state index contributed by atoms with van der Waals surface area (Å²) in [5.74, 6) is 0.845. The van der Waals surface area contributed by atoms with Crippen molar-refractivity contribution in [2.75, 3.05) is 17.8 Å². The van der Waals surface area contributed by atoms with Crippen LogP contribution in [0.5, 0.6) is 0 Å². The van der Waals surface area contributed by atoms with Crippen LogP contribution in [-0.4, -0.2) is 55.1 Å². The van der Waals surface area contributed by atoms with Crippen molar-refractivity contribution >= 4 is 51.9 Å². The number of pyridine rings is 1. The number of nitrogens with zero attached hydrogens (tertiary/aromatic N) is 5. The highest BCUT2D eigenvalue weighted by Crippen LogP contribution is 2.21.